The van der Waals surface area contributed by atoms with Crippen LogP contribution >= 0.6 is 0 Å². The first-order chi connectivity index (χ1) is 8.38. The molecule has 0 aromatic heterocycles. The number of hydrogen-bond acceptors (Lipinski definition) is 4. The third-order valence-corrected chi connectivity index (χ3v) is 3.90. The van der Waals surface area contributed by atoms with Gasteiger partial charge in [0.2, 0.25) is 0 Å². The highest BCUT2D eigenvalue weighted by Gasteiger charge is 2.38. The lowest BCUT2D eigenvalue weighted by Crippen LogP contribution is -2.29. The van der Waals surface area contributed by atoms with Crippen LogP contribution in [-0.2, 0) is 14.6 Å². The van der Waals surface area contributed by atoms with Crippen molar-refractivity contribution in [2.24, 2.45) is 5.92 Å². The van der Waals surface area contributed by atoms with Crippen LogP contribution in [0.4, 0.5) is 0 Å². The van der Waals surface area contributed by atoms with Gasteiger partial charge < -0.3 is 9.84 Å². The normalized spacial score (nSPS) is 17.2. The Hall–Kier alpha value is -1.56. The largest absolute Gasteiger partial charge is 0.478 e. The smallest absolute Gasteiger partial charge is 0.345 e. The lowest BCUT2D eigenvalue weighted by Gasteiger charge is -2.14. The maximum Gasteiger partial charge on any atom is 0.345 e. The fraction of sp³-hybridized carbons (Fsp3) is 0.417. The summed E-state index contributed by atoms with van der Waals surface area (Å²) in [5, 5.41) is 9.03. The van der Waals surface area contributed by atoms with Crippen LogP contribution in [0.5, 0.6) is 5.75 Å². The predicted molar refractivity (Wildman–Crippen MR) is 64.3 cm³/mol. The maximum atomic E-state index is 11.4. The molecule has 0 saturated heterocycles. The summed E-state index contributed by atoms with van der Waals surface area (Å²) in [7, 11) is -3.31. The van der Waals surface area contributed by atoms with Crippen LogP contribution in [0, 0.1) is 5.92 Å². The van der Waals surface area contributed by atoms with Gasteiger partial charge in [0.25, 0.3) is 0 Å². The average Bonchev–Trinajstić information content (AvgIpc) is 3.08. The molecule has 0 amide bonds. The number of sulfone groups is 1. The third kappa shape index (κ3) is 3.01. The van der Waals surface area contributed by atoms with Gasteiger partial charge >= 0.3 is 5.97 Å². The molecule has 1 aromatic carbocycles. The lowest BCUT2D eigenvalue weighted by molar-refractivity contribution is -0.146. The molecular formula is C12H14O5S. The number of rotatable bonds is 5. The molecule has 1 saturated carbocycles. The minimum Gasteiger partial charge on any atom is -0.478 e. The highest BCUT2D eigenvalue weighted by molar-refractivity contribution is 7.90. The Morgan fingerprint density at radius 1 is 1.44 bits per heavy atom. The van der Waals surface area contributed by atoms with Crippen LogP contribution in [-0.4, -0.2) is 31.9 Å². The van der Waals surface area contributed by atoms with E-state index >= 15 is 0 Å². The van der Waals surface area contributed by atoms with Gasteiger partial charge in [-0.05, 0) is 31.0 Å². The third-order valence-electron chi connectivity index (χ3n) is 2.79. The second-order valence-corrected chi connectivity index (χ2v) is 6.48. The number of carboxylic acid groups (broad SMARTS) is 1. The second kappa shape index (κ2) is 4.61. The topological polar surface area (TPSA) is 80.7 Å². The number of carbonyl (C=O) groups is 1. The van der Waals surface area contributed by atoms with Gasteiger partial charge in [-0.2, -0.15) is 0 Å². The summed E-state index contributed by atoms with van der Waals surface area (Å²) in [6.45, 7) is 0. The molecule has 18 heavy (non-hydrogen) atoms. The minimum atomic E-state index is -3.31. The minimum absolute atomic E-state index is 0.0318. The van der Waals surface area contributed by atoms with Crippen molar-refractivity contribution in [3.8, 4) is 5.75 Å². The van der Waals surface area contributed by atoms with E-state index < -0.39 is 21.9 Å². The zero-order chi connectivity index (χ0) is 13.3. The molecule has 0 bridgehead atoms. The fourth-order valence-corrected chi connectivity index (χ4v) is 2.33. The van der Waals surface area contributed by atoms with E-state index in [1.165, 1.54) is 18.2 Å². The van der Waals surface area contributed by atoms with Crippen molar-refractivity contribution in [2.75, 3.05) is 6.26 Å². The molecule has 1 aromatic rings. The summed E-state index contributed by atoms with van der Waals surface area (Å²) < 4.78 is 28.1. The van der Waals surface area contributed by atoms with Crippen molar-refractivity contribution >= 4 is 15.8 Å². The van der Waals surface area contributed by atoms with Gasteiger partial charge in [0, 0.05) is 12.2 Å². The first kappa shape index (κ1) is 12.9. The quantitative estimate of drug-likeness (QED) is 0.873. The van der Waals surface area contributed by atoms with Gasteiger partial charge in [-0.15, -0.1) is 0 Å². The summed E-state index contributed by atoms with van der Waals surface area (Å²) in [6.07, 6.45) is 1.88. The molecule has 1 aliphatic rings. The van der Waals surface area contributed by atoms with Crippen LogP contribution in [0.15, 0.2) is 29.2 Å². The van der Waals surface area contributed by atoms with Crippen molar-refractivity contribution in [2.45, 2.75) is 23.8 Å². The van der Waals surface area contributed by atoms with Crippen LogP contribution in [0.2, 0.25) is 0 Å². The van der Waals surface area contributed by atoms with E-state index in [4.69, 9.17) is 9.84 Å². The predicted octanol–water partition coefficient (Wildman–Crippen LogP) is 1.33. The van der Waals surface area contributed by atoms with Gasteiger partial charge in [0.15, 0.2) is 15.9 Å². The molecule has 98 valence electrons. The van der Waals surface area contributed by atoms with Gasteiger partial charge in [-0.1, -0.05) is 6.07 Å². The van der Waals surface area contributed by atoms with E-state index in [9.17, 15) is 13.2 Å². The van der Waals surface area contributed by atoms with Crippen molar-refractivity contribution in [3.05, 3.63) is 24.3 Å². The van der Waals surface area contributed by atoms with E-state index in [2.05, 4.69) is 0 Å². The van der Waals surface area contributed by atoms with Gasteiger partial charge in [-0.25, -0.2) is 13.2 Å². The Balaban J connectivity index is 2.21. The summed E-state index contributed by atoms with van der Waals surface area (Å²) in [5.41, 5.74) is 0. The van der Waals surface area contributed by atoms with E-state index in [-0.39, 0.29) is 16.6 Å². The summed E-state index contributed by atoms with van der Waals surface area (Å²) in [6, 6.07) is 5.91. The van der Waals surface area contributed by atoms with Gasteiger partial charge in [-0.3, -0.25) is 0 Å². The van der Waals surface area contributed by atoms with E-state index in [0.717, 1.165) is 19.1 Å². The molecule has 0 aliphatic heterocycles. The molecule has 0 heterocycles. The molecule has 1 aliphatic carbocycles. The van der Waals surface area contributed by atoms with Crippen LogP contribution in [0.3, 0.4) is 0 Å². The second-order valence-electron chi connectivity index (χ2n) is 4.46. The van der Waals surface area contributed by atoms with Crippen LogP contribution in [0.1, 0.15) is 12.8 Å². The van der Waals surface area contributed by atoms with E-state index in [0.29, 0.717) is 0 Å². The molecule has 0 spiro atoms. The van der Waals surface area contributed by atoms with E-state index in [1.807, 2.05) is 0 Å². The number of ether oxygens (including phenoxy) is 1. The van der Waals surface area contributed by atoms with Crippen molar-refractivity contribution in [3.63, 3.8) is 0 Å². The molecule has 2 rings (SSSR count). The molecule has 0 radical (unpaired) electrons. The Labute approximate surface area is 105 Å². The SMILES string of the molecule is CS(=O)(=O)c1cccc(OC(C(=O)O)C2CC2)c1. The lowest BCUT2D eigenvalue weighted by atomic mass is 10.2. The van der Waals surface area contributed by atoms with Crippen LogP contribution < -0.4 is 4.74 Å². The number of hydrogen-bond donors (Lipinski definition) is 1. The Kier molecular flexibility index (Phi) is 3.30. The van der Waals surface area contributed by atoms with Gasteiger partial charge in [0.1, 0.15) is 5.75 Å². The number of benzene rings is 1. The number of aliphatic carboxylic acids is 1. The molecule has 1 fully saturated rings. The maximum absolute atomic E-state index is 11.4. The fourth-order valence-electron chi connectivity index (χ4n) is 1.67. The molecule has 1 unspecified atom stereocenters. The number of carboxylic acids is 1. The van der Waals surface area contributed by atoms with E-state index in [1.54, 1.807) is 6.07 Å². The molecule has 5 nitrogen and oxygen atoms in total. The summed E-state index contributed by atoms with van der Waals surface area (Å²) >= 11 is 0. The molecular weight excluding hydrogens is 256 g/mol. The molecule has 1 N–H and O–H groups in total. The molecule has 6 heteroatoms. The Morgan fingerprint density at radius 3 is 2.61 bits per heavy atom. The monoisotopic (exact) mass is 270 g/mol. The zero-order valence-electron chi connectivity index (χ0n) is 9.87. The average molecular weight is 270 g/mol. The summed E-state index contributed by atoms with van der Waals surface area (Å²) in [5.74, 6) is -0.705. The van der Waals surface area contributed by atoms with Crippen LogP contribution in [0.25, 0.3) is 0 Å². The standard InChI is InChI=1S/C12H14O5S/c1-18(15,16)10-4-2-3-9(7-10)17-11(12(13)14)8-5-6-8/h2-4,7-8,11H,5-6H2,1H3,(H,13,14). The first-order valence-electron chi connectivity index (χ1n) is 5.57. The van der Waals surface area contributed by atoms with Crippen molar-refractivity contribution in [1.29, 1.82) is 0 Å². The first-order valence-corrected chi connectivity index (χ1v) is 7.46. The Bertz CT molecular complexity index is 560. The molecule has 1 atom stereocenters. The zero-order valence-corrected chi connectivity index (χ0v) is 10.7. The van der Waals surface area contributed by atoms with Gasteiger partial charge in [0.05, 0.1) is 4.90 Å². The van der Waals surface area contributed by atoms with Crippen molar-refractivity contribution < 1.29 is 23.1 Å². The summed E-state index contributed by atoms with van der Waals surface area (Å²) in [4.78, 5) is 11.1. The van der Waals surface area contributed by atoms with Crippen molar-refractivity contribution in [1.82, 2.24) is 0 Å². The Morgan fingerprint density at radius 2 is 2.11 bits per heavy atom. The highest BCUT2D eigenvalue weighted by atomic mass is 32.2. The highest BCUT2D eigenvalue weighted by Crippen LogP contribution is 2.35.